The standard InChI is InChI=1S/C7H8FNO3S/c1-13(11,12)9(10)7-5-3-2-4-6(7)8/h2-5,10H,1H3. The zero-order chi connectivity index (χ0) is 10.1. The minimum absolute atomic E-state index is 0.0949. The van der Waals surface area contributed by atoms with Gasteiger partial charge in [-0.2, -0.15) is 0 Å². The number of benzene rings is 1. The third kappa shape index (κ3) is 2.16. The first-order valence-corrected chi connectivity index (χ1v) is 5.21. The lowest BCUT2D eigenvalue weighted by atomic mass is 10.3. The van der Waals surface area contributed by atoms with Gasteiger partial charge in [-0.3, -0.25) is 5.21 Å². The van der Waals surface area contributed by atoms with Crippen molar-refractivity contribution in [1.29, 1.82) is 0 Å². The average molecular weight is 205 g/mol. The van der Waals surface area contributed by atoms with Crippen LogP contribution in [0.25, 0.3) is 0 Å². The van der Waals surface area contributed by atoms with Crippen molar-refractivity contribution in [2.45, 2.75) is 0 Å². The molecule has 0 amide bonds. The highest BCUT2D eigenvalue weighted by atomic mass is 32.2. The minimum Gasteiger partial charge on any atom is -0.274 e. The van der Waals surface area contributed by atoms with Crippen LogP contribution < -0.4 is 4.47 Å². The number of rotatable bonds is 2. The zero-order valence-electron chi connectivity index (χ0n) is 6.81. The number of hydrogen-bond donors (Lipinski definition) is 1. The normalized spacial score (nSPS) is 11.3. The molecule has 13 heavy (non-hydrogen) atoms. The summed E-state index contributed by atoms with van der Waals surface area (Å²) in [4.78, 5) is 0. The highest BCUT2D eigenvalue weighted by molar-refractivity contribution is 7.91. The van der Waals surface area contributed by atoms with E-state index in [0.29, 0.717) is 0 Å². The average Bonchev–Trinajstić information content (AvgIpc) is 2.02. The summed E-state index contributed by atoms with van der Waals surface area (Å²) in [6.07, 6.45) is 0.777. The molecule has 4 nitrogen and oxygen atoms in total. The van der Waals surface area contributed by atoms with Crippen molar-refractivity contribution in [3.8, 4) is 0 Å². The summed E-state index contributed by atoms with van der Waals surface area (Å²) in [5.41, 5.74) is -0.384. The molecular formula is C7H8FNO3S. The topological polar surface area (TPSA) is 57.6 Å². The molecule has 72 valence electrons. The van der Waals surface area contributed by atoms with Crippen molar-refractivity contribution in [1.82, 2.24) is 0 Å². The molecular weight excluding hydrogens is 197 g/mol. The molecule has 0 unspecified atom stereocenters. The van der Waals surface area contributed by atoms with E-state index in [-0.39, 0.29) is 10.2 Å². The highest BCUT2D eigenvalue weighted by Gasteiger charge is 2.17. The van der Waals surface area contributed by atoms with Crippen LogP contribution in [0.5, 0.6) is 0 Å². The van der Waals surface area contributed by atoms with Crippen molar-refractivity contribution in [3.05, 3.63) is 30.1 Å². The van der Waals surface area contributed by atoms with Crippen LogP contribution in [0.4, 0.5) is 10.1 Å². The molecule has 0 aromatic heterocycles. The van der Waals surface area contributed by atoms with Crippen LogP contribution >= 0.6 is 0 Å². The molecule has 0 bridgehead atoms. The van der Waals surface area contributed by atoms with Gasteiger partial charge in [0.1, 0.15) is 11.5 Å². The molecule has 0 aliphatic rings. The first-order valence-electron chi connectivity index (χ1n) is 3.36. The molecule has 0 fully saturated rings. The second-order valence-corrected chi connectivity index (χ2v) is 4.27. The SMILES string of the molecule is CS(=O)(=O)N(O)c1ccccc1F. The van der Waals surface area contributed by atoms with E-state index in [2.05, 4.69) is 0 Å². The Bertz CT molecular complexity index is 404. The van der Waals surface area contributed by atoms with Gasteiger partial charge >= 0.3 is 0 Å². The predicted octanol–water partition coefficient (Wildman–Crippen LogP) is 0.981. The Morgan fingerprint density at radius 1 is 1.38 bits per heavy atom. The van der Waals surface area contributed by atoms with Gasteiger partial charge in [0.25, 0.3) is 10.0 Å². The molecule has 1 aromatic rings. The maximum Gasteiger partial charge on any atom is 0.254 e. The van der Waals surface area contributed by atoms with E-state index in [1.165, 1.54) is 12.1 Å². The number of para-hydroxylation sites is 1. The monoisotopic (exact) mass is 205 g/mol. The second-order valence-electron chi connectivity index (χ2n) is 2.46. The Morgan fingerprint density at radius 2 is 1.92 bits per heavy atom. The highest BCUT2D eigenvalue weighted by Crippen LogP contribution is 2.18. The lowest BCUT2D eigenvalue weighted by Gasteiger charge is -2.13. The van der Waals surface area contributed by atoms with Gasteiger partial charge in [0.15, 0.2) is 0 Å². The summed E-state index contributed by atoms with van der Waals surface area (Å²) in [6.45, 7) is 0. The maximum absolute atomic E-state index is 12.9. The number of anilines is 1. The molecule has 0 aliphatic heterocycles. The van der Waals surface area contributed by atoms with Crippen LogP contribution in [-0.4, -0.2) is 19.9 Å². The summed E-state index contributed by atoms with van der Waals surface area (Å²) in [5.74, 6) is -0.796. The Labute approximate surface area is 75.2 Å². The lowest BCUT2D eigenvalue weighted by Crippen LogP contribution is -2.26. The fraction of sp³-hybridized carbons (Fsp3) is 0.143. The van der Waals surface area contributed by atoms with Gasteiger partial charge in [-0.1, -0.05) is 12.1 Å². The third-order valence-corrected chi connectivity index (χ3v) is 2.20. The van der Waals surface area contributed by atoms with Gasteiger partial charge in [0.2, 0.25) is 0 Å². The zero-order valence-corrected chi connectivity index (χ0v) is 7.62. The summed E-state index contributed by atoms with van der Waals surface area (Å²) < 4.78 is 34.4. The molecule has 1 rings (SSSR count). The van der Waals surface area contributed by atoms with Crippen LogP contribution in [0, 0.1) is 5.82 Å². The van der Waals surface area contributed by atoms with Crippen molar-refractivity contribution >= 4 is 15.7 Å². The molecule has 0 radical (unpaired) electrons. The molecule has 0 saturated heterocycles. The lowest BCUT2D eigenvalue weighted by molar-refractivity contribution is 0.313. The Hall–Kier alpha value is -1.14. The molecule has 0 atom stereocenters. The van der Waals surface area contributed by atoms with Crippen LogP contribution in [0.1, 0.15) is 0 Å². The smallest absolute Gasteiger partial charge is 0.254 e. The Kier molecular flexibility index (Phi) is 2.53. The second kappa shape index (κ2) is 3.31. The van der Waals surface area contributed by atoms with Crippen molar-refractivity contribution < 1.29 is 18.0 Å². The van der Waals surface area contributed by atoms with E-state index in [1.807, 2.05) is 0 Å². The fourth-order valence-electron chi connectivity index (χ4n) is 0.786. The Balaban J connectivity index is 3.17. The van der Waals surface area contributed by atoms with Crippen LogP contribution in [0.3, 0.4) is 0 Å². The van der Waals surface area contributed by atoms with Gasteiger partial charge in [0, 0.05) is 0 Å². The summed E-state index contributed by atoms with van der Waals surface area (Å²) in [6, 6.07) is 5.04. The van der Waals surface area contributed by atoms with E-state index in [1.54, 1.807) is 0 Å². The number of nitrogens with zero attached hydrogens (tertiary/aromatic N) is 1. The molecule has 1 aromatic carbocycles. The number of sulfonamides is 1. The summed E-state index contributed by atoms with van der Waals surface area (Å²) in [7, 11) is -3.83. The van der Waals surface area contributed by atoms with E-state index in [0.717, 1.165) is 18.4 Å². The Morgan fingerprint density at radius 3 is 2.38 bits per heavy atom. The van der Waals surface area contributed by atoms with E-state index in [9.17, 15) is 12.8 Å². The summed E-state index contributed by atoms with van der Waals surface area (Å²) >= 11 is 0. The fourth-order valence-corrected chi connectivity index (χ4v) is 1.29. The van der Waals surface area contributed by atoms with Crippen LogP contribution in [-0.2, 0) is 10.0 Å². The van der Waals surface area contributed by atoms with E-state index >= 15 is 0 Å². The molecule has 1 N–H and O–H groups in total. The number of hydrogen-bond acceptors (Lipinski definition) is 3. The molecule has 6 heteroatoms. The van der Waals surface area contributed by atoms with Crippen LogP contribution in [0.15, 0.2) is 24.3 Å². The van der Waals surface area contributed by atoms with Gasteiger partial charge in [-0.25, -0.2) is 12.8 Å². The van der Waals surface area contributed by atoms with Gasteiger partial charge < -0.3 is 0 Å². The molecule has 0 spiro atoms. The van der Waals surface area contributed by atoms with Crippen LogP contribution in [0.2, 0.25) is 0 Å². The molecule has 0 aliphatic carbocycles. The first-order chi connectivity index (χ1) is 5.93. The van der Waals surface area contributed by atoms with Gasteiger partial charge in [-0.05, 0) is 12.1 Å². The molecule has 0 saturated carbocycles. The first kappa shape index (κ1) is 9.94. The minimum atomic E-state index is -3.83. The van der Waals surface area contributed by atoms with Crippen molar-refractivity contribution in [2.24, 2.45) is 0 Å². The largest absolute Gasteiger partial charge is 0.274 e. The molecule has 0 heterocycles. The summed E-state index contributed by atoms with van der Waals surface area (Å²) in [5, 5.41) is 9.04. The predicted molar refractivity (Wildman–Crippen MR) is 45.5 cm³/mol. The quantitative estimate of drug-likeness (QED) is 0.732. The van der Waals surface area contributed by atoms with Gasteiger partial charge in [-0.15, -0.1) is 4.47 Å². The van der Waals surface area contributed by atoms with Crippen molar-refractivity contribution in [3.63, 3.8) is 0 Å². The van der Waals surface area contributed by atoms with E-state index in [4.69, 9.17) is 5.21 Å². The van der Waals surface area contributed by atoms with Gasteiger partial charge in [0.05, 0.1) is 6.26 Å². The van der Waals surface area contributed by atoms with E-state index < -0.39 is 15.8 Å². The van der Waals surface area contributed by atoms with Crippen molar-refractivity contribution in [2.75, 3.05) is 10.7 Å². The number of halogens is 1. The third-order valence-electron chi connectivity index (χ3n) is 1.37. The maximum atomic E-state index is 12.9.